The van der Waals surface area contributed by atoms with Crippen LogP contribution in [0, 0.1) is 5.92 Å². The number of hydrogen-bond donors (Lipinski definition) is 0. The summed E-state index contributed by atoms with van der Waals surface area (Å²) in [5.41, 5.74) is 1.04. The Morgan fingerprint density at radius 2 is 2.00 bits per heavy atom. The first-order valence-corrected chi connectivity index (χ1v) is 8.91. The summed E-state index contributed by atoms with van der Waals surface area (Å²) in [5.74, 6) is 0.0538. The van der Waals surface area contributed by atoms with Crippen LogP contribution >= 0.6 is 31.9 Å². The van der Waals surface area contributed by atoms with Crippen LogP contribution in [0.5, 0.6) is 5.75 Å². The van der Waals surface area contributed by atoms with E-state index in [1.54, 1.807) is 0 Å². The molecule has 1 saturated carbocycles. The maximum atomic E-state index is 11.4. The van der Waals surface area contributed by atoms with Crippen LogP contribution in [-0.4, -0.2) is 30.8 Å². The summed E-state index contributed by atoms with van der Waals surface area (Å²) < 4.78 is 18.5. The molecule has 124 valence electrons. The van der Waals surface area contributed by atoms with E-state index in [1.165, 1.54) is 13.8 Å². The van der Waals surface area contributed by atoms with E-state index in [2.05, 4.69) is 31.9 Å². The number of rotatable bonds is 3. The predicted octanol–water partition coefficient (Wildman–Crippen LogP) is 3.57. The van der Waals surface area contributed by atoms with Crippen molar-refractivity contribution in [2.75, 3.05) is 6.61 Å². The highest BCUT2D eigenvalue weighted by molar-refractivity contribution is 9.11. The topological polar surface area (TPSA) is 61.8 Å². The van der Waals surface area contributed by atoms with Crippen molar-refractivity contribution in [1.29, 1.82) is 0 Å². The van der Waals surface area contributed by atoms with Gasteiger partial charge in [0.1, 0.15) is 18.0 Å². The highest BCUT2D eigenvalue weighted by Gasteiger charge is 2.52. The molecule has 0 radical (unpaired) electrons. The number of benzene rings is 1. The molecule has 0 unspecified atom stereocenters. The van der Waals surface area contributed by atoms with Crippen molar-refractivity contribution in [2.24, 2.45) is 5.92 Å². The summed E-state index contributed by atoms with van der Waals surface area (Å²) in [6.45, 7) is 2.97. The molecule has 1 aliphatic carbocycles. The molecular formula is C16H16Br2O5. The van der Waals surface area contributed by atoms with Crippen molar-refractivity contribution in [1.82, 2.24) is 0 Å². The average molecular weight is 448 g/mol. The first-order valence-electron chi connectivity index (χ1n) is 7.33. The Balaban J connectivity index is 1.93. The van der Waals surface area contributed by atoms with Gasteiger partial charge in [0.2, 0.25) is 0 Å². The van der Waals surface area contributed by atoms with Gasteiger partial charge in [-0.25, -0.2) is 0 Å². The van der Waals surface area contributed by atoms with Gasteiger partial charge in [-0.2, -0.15) is 0 Å². The monoisotopic (exact) mass is 446 g/mol. The van der Waals surface area contributed by atoms with E-state index >= 15 is 0 Å². The van der Waals surface area contributed by atoms with Crippen LogP contribution in [0.3, 0.4) is 0 Å². The zero-order chi connectivity index (χ0) is 16.7. The van der Waals surface area contributed by atoms with Gasteiger partial charge in [-0.3, -0.25) is 9.59 Å². The maximum absolute atomic E-state index is 11.4. The third kappa shape index (κ3) is 3.26. The molecule has 0 N–H and O–H groups in total. The number of hydrogen-bond acceptors (Lipinski definition) is 5. The summed E-state index contributed by atoms with van der Waals surface area (Å²) >= 11 is 7.01. The van der Waals surface area contributed by atoms with Crippen LogP contribution in [-0.2, 0) is 19.1 Å². The molecule has 7 heteroatoms. The summed E-state index contributed by atoms with van der Waals surface area (Å²) in [5, 5.41) is 0. The summed E-state index contributed by atoms with van der Waals surface area (Å²) in [4.78, 5) is 22.6. The fraction of sp³-hybridized carbons (Fsp3) is 0.500. The van der Waals surface area contributed by atoms with Crippen LogP contribution in [0.15, 0.2) is 21.1 Å². The molecule has 1 fully saturated rings. The fourth-order valence-corrected chi connectivity index (χ4v) is 4.84. The Hall–Kier alpha value is -1.08. The van der Waals surface area contributed by atoms with Gasteiger partial charge >= 0.3 is 11.9 Å². The highest BCUT2D eigenvalue weighted by Crippen LogP contribution is 2.54. The van der Waals surface area contributed by atoms with Crippen molar-refractivity contribution in [3.05, 3.63) is 26.6 Å². The molecule has 2 aliphatic rings. The van der Waals surface area contributed by atoms with E-state index in [-0.39, 0.29) is 42.6 Å². The molecule has 0 spiro atoms. The Kier molecular flexibility index (Phi) is 4.69. The molecule has 3 rings (SSSR count). The Bertz CT molecular complexity index is 660. The van der Waals surface area contributed by atoms with Gasteiger partial charge in [0, 0.05) is 42.1 Å². The lowest BCUT2D eigenvalue weighted by Gasteiger charge is -2.23. The lowest BCUT2D eigenvalue weighted by Crippen LogP contribution is -2.28. The lowest BCUT2D eigenvalue weighted by molar-refractivity contribution is -0.151. The van der Waals surface area contributed by atoms with E-state index in [1.807, 2.05) is 12.1 Å². The maximum Gasteiger partial charge on any atom is 0.302 e. The normalized spacial score (nSPS) is 27.8. The minimum atomic E-state index is -0.343. The van der Waals surface area contributed by atoms with E-state index in [4.69, 9.17) is 14.2 Å². The second-order valence-corrected chi connectivity index (χ2v) is 7.61. The van der Waals surface area contributed by atoms with Gasteiger partial charge in [-0.15, -0.1) is 0 Å². The van der Waals surface area contributed by atoms with Gasteiger partial charge in [-0.05, 0) is 28.1 Å². The lowest BCUT2D eigenvalue weighted by atomic mass is 9.88. The highest BCUT2D eigenvalue weighted by atomic mass is 79.9. The summed E-state index contributed by atoms with van der Waals surface area (Å²) in [6.07, 6.45) is 0.197. The quantitative estimate of drug-likeness (QED) is 0.663. The molecule has 4 atom stereocenters. The molecule has 1 aromatic carbocycles. The molecular weight excluding hydrogens is 432 g/mol. The van der Waals surface area contributed by atoms with Gasteiger partial charge in [-0.1, -0.05) is 15.9 Å². The first-order chi connectivity index (χ1) is 10.9. The van der Waals surface area contributed by atoms with Crippen molar-refractivity contribution in [3.63, 3.8) is 0 Å². The number of ether oxygens (including phenoxy) is 3. The SMILES string of the molecule is CC(=O)OC[C@@H]1[C@H]2c3cc(Br)cc(Br)c3O[C@H]2C[C@H]1OC(C)=O. The zero-order valence-electron chi connectivity index (χ0n) is 12.7. The molecule has 1 aliphatic heterocycles. The smallest absolute Gasteiger partial charge is 0.302 e. The van der Waals surface area contributed by atoms with E-state index in [0.717, 1.165) is 20.3 Å². The van der Waals surface area contributed by atoms with Gasteiger partial charge in [0.25, 0.3) is 0 Å². The van der Waals surface area contributed by atoms with E-state index in [0.29, 0.717) is 6.42 Å². The van der Waals surface area contributed by atoms with Gasteiger partial charge in [0.05, 0.1) is 11.1 Å². The molecule has 23 heavy (non-hydrogen) atoms. The second kappa shape index (κ2) is 6.43. The van der Waals surface area contributed by atoms with Crippen LogP contribution in [0.1, 0.15) is 31.7 Å². The van der Waals surface area contributed by atoms with Gasteiger partial charge in [0.15, 0.2) is 0 Å². The van der Waals surface area contributed by atoms with Crippen molar-refractivity contribution in [2.45, 2.75) is 38.4 Å². The summed E-state index contributed by atoms with van der Waals surface area (Å²) in [7, 11) is 0. The third-order valence-corrected chi connectivity index (χ3v) is 5.31. The molecule has 0 saturated heterocycles. The largest absolute Gasteiger partial charge is 0.488 e. The molecule has 5 nitrogen and oxygen atoms in total. The Labute approximate surface area is 150 Å². The van der Waals surface area contributed by atoms with Crippen molar-refractivity contribution >= 4 is 43.8 Å². The van der Waals surface area contributed by atoms with E-state index in [9.17, 15) is 9.59 Å². The second-order valence-electron chi connectivity index (χ2n) is 5.84. The van der Waals surface area contributed by atoms with Crippen molar-refractivity contribution < 1.29 is 23.8 Å². The first kappa shape index (κ1) is 16.8. The minimum Gasteiger partial charge on any atom is -0.488 e. The number of carbonyl (C=O) groups excluding carboxylic acids is 2. The molecule has 0 aromatic heterocycles. The zero-order valence-corrected chi connectivity index (χ0v) is 15.8. The van der Waals surface area contributed by atoms with Gasteiger partial charge < -0.3 is 14.2 Å². The van der Waals surface area contributed by atoms with Crippen LogP contribution in [0.4, 0.5) is 0 Å². The Morgan fingerprint density at radius 3 is 2.65 bits per heavy atom. The standard InChI is InChI=1S/C16H16Br2O5/c1-7(19)21-6-11-13(22-8(2)20)5-14-15(11)10-3-9(17)4-12(18)16(10)23-14/h3-4,11,13-15H,5-6H2,1-2H3/t11-,13+,14-,15+/m0/s1. The predicted molar refractivity (Wildman–Crippen MR) is 89.3 cm³/mol. The van der Waals surface area contributed by atoms with E-state index < -0.39 is 0 Å². The molecule has 0 amide bonds. The number of halogens is 2. The van der Waals surface area contributed by atoms with Crippen LogP contribution in [0.2, 0.25) is 0 Å². The van der Waals surface area contributed by atoms with Crippen LogP contribution in [0.25, 0.3) is 0 Å². The average Bonchev–Trinajstić information content (AvgIpc) is 2.92. The fourth-order valence-electron chi connectivity index (χ4n) is 3.49. The Morgan fingerprint density at radius 1 is 1.26 bits per heavy atom. The van der Waals surface area contributed by atoms with Crippen LogP contribution < -0.4 is 4.74 Å². The molecule has 1 aromatic rings. The van der Waals surface area contributed by atoms with Crippen molar-refractivity contribution in [3.8, 4) is 5.75 Å². The minimum absolute atomic E-state index is 0.0301. The number of fused-ring (bicyclic) bond motifs is 3. The summed E-state index contributed by atoms with van der Waals surface area (Å²) in [6, 6.07) is 3.95. The molecule has 1 heterocycles. The third-order valence-electron chi connectivity index (χ3n) is 4.27. The number of carbonyl (C=O) groups is 2. The number of esters is 2. The molecule has 0 bridgehead atoms.